The number of piperidine rings is 1. The van der Waals surface area contributed by atoms with Crippen LogP contribution in [-0.2, 0) is 4.79 Å². The fourth-order valence-electron chi connectivity index (χ4n) is 3.11. The van der Waals surface area contributed by atoms with Crippen molar-refractivity contribution in [2.45, 2.75) is 24.5 Å². The molecule has 0 radical (unpaired) electrons. The first kappa shape index (κ1) is 13.4. The van der Waals surface area contributed by atoms with Crippen molar-refractivity contribution in [1.82, 2.24) is 25.9 Å². The fourth-order valence-corrected chi connectivity index (χ4v) is 3.11. The number of piperazine rings is 1. The molecule has 0 bridgehead atoms. The third kappa shape index (κ3) is 2.17. The normalized spacial score (nSPS) is 25.9. The van der Waals surface area contributed by atoms with Crippen molar-refractivity contribution in [2.24, 2.45) is 0 Å². The van der Waals surface area contributed by atoms with Gasteiger partial charge < -0.3 is 5.32 Å². The third-order valence-electron chi connectivity index (χ3n) is 4.20. The van der Waals surface area contributed by atoms with Crippen LogP contribution in [0.1, 0.15) is 12.8 Å². The molecule has 1 unspecified atom stereocenters. The molecule has 20 heavy (non-hydrogen) atoms. The number of anilines is 1. The average Bonchev–Trinajstić information content (AvgIpc) is 2.49. The monoisotopic (exact) mass is 276 g/mol. The number of nitrogens with one attached hydrogen (secondary N) is 3. The SMILES string of the molecule is CNC1NCC2(CCNCC2)N(c2ccncn2)C1=O. The van der Waals surface area contributed by atoms with Gasteiger partial charge in [0.2, 0.25) is 0 Å². The Bertz CT molecular complexity index is 473. The predicted molar refractivity (Wildman–Crippen MR) is 75.2 cm³/mol. The molecule has 2 aliphatic rings. The summed E-state index contributed by atoms with van der Waals surface area (Å²) in [4.78, 5) is 22.9. The van der Waals surface area contributed by atoms with E-state index in [2.05, 4.69) is 25.9 Å². The molecular weight excluding hydrogens is 256 g/mol. The van der Waals surface area contributed by atoms with Gasteiger partial charge in [-0.25, -0.2) is 9.97 Å². The van der Waals surface area contributed by atoms with Gasteiger partial charge in [0.1, 0.15) is 18.3 Å². The molecular formula is C13H20N6O. The van der Waals surface area contributed by atoms with Gasteiger partial charge in [-0.3, -0.25) is 20.3 Å². The Morgan fingerprint density at radius 1 is 1.45 bits per heavy atom. The number of hydrogen-bond donors (Lipinski definition) is 3. The molecule has 1 atom stereocenters. The van der Waals surface area contributed by atoms with Crippen LogP contribution in [0.3, 0.4) is 0 Å². The molecule has 0 aliphatic carbocycles. The smallest absolute Gasteiger partial charge is 0.260 e. The van der Waals surface area contributed by atoms with Gasteiger partial charge in [-0.15, -0.1) is 0 Å². The minimum Gasteiger partial charge on any atom is -0.317 e. The zero-order chi connectivity index (χ0) is 14.0. The molecule has 3 heterocycles. The van der Waals surface area contributed by atoms with Crippen LogP contribution in [-0.4, -0.2) is 54.3 Å². The summed E-state index contributed by atoms with van der Waals surface area (Å²) in [7, 11) is 1.79. The molecule has 1 aromatic heterocycles. The third-order valence-corrected chi connectivity index (χ3v) is 4.20. The highest BCUT2D eigenvalue weighted by molar-refractivity contribution is 5.98. The lowest BCUT2D eigenvalue weighted by atomic mass is 9.84. The molecule has 2 saturated heterocycles. The number of carbonyl (C=O) groups excluding carboxylic acids is 1. The zero-order valence-corrected chi connectivity index (χ0v) is 11.6. The van der Waals surface area contributed by atoms with Crippen LogP contribution < -0.4 is 20.9 Å². The van der Waals surface area contributed by atoms with Crippen molar-refractivity contribution < 1.29 is 4.79 Å². The second-order valence-corrected chi connectivity index (χ2v) is 5.32. The maximum absolute atomic E-state index is 12.8. The summed E-state index contributed by atoms with van der Waals surface area (Å²) in [6.45, 7) is 2.61. The summed E-state index contributed by atoms with van der Waals surface area (Å²) in [6.07, 6.45) is 4.66. The van der Waals surface area contributed by atoms with Gasteiger partial charge in [-0.1, -0.05) is 0 Å². The maximum Gasteiger partial charge on any atom is 0.260 e. The average molecular weight is 276 g/mol. The van der Waals surface area contributed by atoms with Crippen molar-refractivity contribution in [3.63, 3.8) is 0 Å². The Morgan fingerprint density at radius 2 is 2.25 bits per heavy atom. The van der Waals surface area contributed by atoms with E-state index in [1.807, 2.05) is 4.90 Å². The van der Waals surface area contributed by atoms with Crippen LogP contribution in [0.4, 0.5) is 5.82 Å². The van der Waals surface area contributed by atoms with Crippen molar-refractivity contribution in [1.29, 1.82) is 0 Å². The van der Waals surface area contributed by atoms with Crippen molar-refractivity contribution in [2.75, 3.05) is 31.6 Å². The Morgan fingerprint density at radius 3 is 2.90 bits per heavy atom. The molecule has 7 heteroatoms. The lowest BCUT2D eigenvalue weighted by molar-refractivity contribution is -0.124. The number of likely N-dealkylation sites (N-methyl/N-ethyl adjacent to an activating group) is 1. The van der Waals surface area contributed by atoms with E-state index < -0.39 is 0 Å². The van der Waals surface area contributed by atoms with E-state index in [0.717, 1.165) is 32.5 Å². The van der Waals surface area contributed by atoms with Gasteiger partial charge >= 0.3 is 0 Å². The Hall–Kier alpha value is -1.57. The van der Waals surface area contributed by atoms with Crippen molar-refractivity contribution >= 4 is 11.7 Å². The van der Waals surface area contributed by atoms with Gasteiger partial charge in [0.05, 0.1) is 5.54 Å². The van der Waals surface area contributed by atoms with E-state index in [4.69, 9.17) is 0 Å². The molecule has 0 aromatic carbocycles. The molecule has 1 spiro atoms. The Balaban J connectivity index is 1.99. The van der Waals surface area contributed by atoms with Gasteiger partial charge in [-0.05, 0) is 39.0 Å². The molecule has 3 rings (SSSR count). The summed E-state index contributed by atoms with van der Waals surface area (Å²) in [5.74, 6) is 0.716. The summed E-state index contributed by atoms with van der Waals surface area (Å²) in [5.41, 5.74) is -0.190. The molecule has 7 nitrogen and oxygen atoms in total. The minimum absolute atomic E-state index is 0.0272. The van der Waals surface area contributed by atoms with E-state index in [0.29, 0.717) is 5.82 Å². The summed E-state index contributed by atoms with van der Waals surface area (Å²) in [5, 5.41) is 9.67. The number of hydrogen-bond acceptors (Lipinski definition) is 6. The van der Waals surface area contributed by atoms with E-state index in [9.17, 15) is 4.79 Å². The Kier molecular flexibility index (Phi) is 3.64. The molecule has 1 aromatic rings. The van der Waals surface area contributed by atoms with Crippen molar-refractivity contribution in [3.05, 3.63) is 18.6 Å². The summed E-state index contributed by atoms with van der Waals surface area (Å²) < 4.78 is 0. The van der Waals surface area contributed by atoms with Crippen LogP contribution in [0.5, 0.6) is 0 Å². The van der Waals surface area contributed by atoms with Crippen LogP contribution in [0.25, 0.3) is 0 Å². The highest BCUT2D eigenvalue weighted by atomic mass is 16.2. The lowest BCUT2D eigenvalue weighted by Crippen LogP contribution is -2.72. The number of rotatable bonds is 2. The minimum atomic E-state index is -0.356. The molecule has 2 aliphatic heterocycles. The van der Waals surface area contributed by atoms with Crippen LogP contribution >= 0.6 is 0 Å². The molecule has 1 amide bonds. The van der Waals surface area contributed by atoms with Crippen LogP contribution in [0.15, 0.2) is 18.6 Å². The van der Waals surface area contributed by atoms with Gasteiger partial charge in [0.25, 0.3) is 5.91 Å². The fraction of sp³-hybridized carbons (Fsp3) is 0.615. The van der Waals surface area contributed by atoms with Crippen LogP contribution in [0, 0.1) is 0 Å². The molecule has 0 saturated carbocycles. The first-order valence-electron chi connectivity index (χ1n) is 6.98. The van der Waals surface area contributed by atoms with E-state index in [-0.39, 0.29) is 17.6 Å². The standard InChI is InChI=1S/C13H20N6O/c1-14-11-12(20)19(10-2-5-16-9-18-10)13(8-17-11)3-6-15-7-4-13/h2,5,9,11,14-15,17H,3-4,6-8H2,1H3. The maximum atomic E-state index is 12.8. The number of nitrogens with zero attached hydrogens (tertiary/aromatic N) is 3. The quantitative estimate of drug-likeness (QED) is 0.648. The van der Waals surface area contributed by atoms with Gasteiger partial charge in [0.15, 0.2) is 0 Å². The van der Waals surface area contributed by atoms with E-state index >= 15 is 0 Å². The molecule has 108 valence electrons. The number of amides is 1. The second-order valence-electron chi connectivity index (χ2n) is 5.32. The molecule has 2 fully saturated rings. The van der Waals surface area contributed by atoms with Gasteiger partial charge in [0, 0.05) is 12.7 Å². The van der Waals surface area contributed by atoms with Crippen LogP contribution in [0.2, 0.25) is 0 Å². The topological polar surface area (TPSA) is 82.2 Å². The van der Waals surface area contributed by atoms with Gasteiger partial charge in [-0.2, -0.15) is 0 Å². The predicted octanol–water partition coefficient (Wildman–Crippen LogP) is -0.919. The largest absolute Gasteiger partial charge is 0.317 e. The van der Waals surface area contributed by atoms with E-state index in [1.54, 1.807) is 19.3 Å². The first-order chi connectivity index (χ1) is 9.77. The number of aromatic nitrogens is 2. The summed E-state index contributed by atoms with van der Waals surface area (Å²) in [6, 6.07) is 1.81. The second kappa shape index (κ2) is 5.43. The van der Waals surface area contributed by atoms with Crippen molar-refractivity contribution in [3.8, 4) is 0 Å². The van der Waals surface area contributed by atoms with E-state index in [1.165, 1.54) is 6.33 Å². The zero-order valence-electron chi connectivity index (χ0n) is 11.6. The number of carbonyl (C=O) groups is 1. The lowest BCUT2D eigenvalue weighted by Gasteiger charge is -2.50. The molecule has 3 N–H and O–H groups in total. The highest BCUT2D eigenvalue weighted by Gasteiger charge is 2.47. The first-order valence-corrected chi connectivity index (χ1v) is 6.98. The highest BCUT2D eigenvalue weighted by Crippen LogP contribution is 2.32. The Labute approximate surface area is 118 Å². The summed E-state index contributed by atoms with van der Waals surface area (Å²) >= 11 is 0.